The number of aromatic nitrogens is 1. The zero-order valence-corrected chi connectivity index (χ0v) is 17.9. The Kier molecular flexibility index (Phi) is 6.09. The molecule has 2 aliphatic carbocycles. The van der Waals surface area contributed by atoms with Gasteiger partial charge in [0.05, 0.1) is 18.2 Å². The molecular weight excluding hydrogens is 384 g/mol. The monoisotopic (exact) mass is 414 g/mol. The van der Waals surface area contributed by atoms with Crippen LogP contribution in [0.4, 0.5) is 5.13 Å². The molecule has 1 aromatic carbocycles. The molecule has 0 aliphatic heterocycles. The van der Waals surface area contributed by atoms with Gasteiger partial charge >= 0.3 is 5.97 Å². The first-order valence-corrected chi connectivity index (χ1v) is 11.6. The van der Waals surface area contributed by atoms with E-state index in [4.69, 9.17) is 9.84 Å². The highest BCUT2D eigenvalue weighted by atomic mass is 32.1. The molecule has 29 heavy (non-hydrogen) atoms. The van der Waals surface area contributed by atoms with Gasteiger partial charge in [-0.05, 0) is 68.2 Å². The van der Waals surface area contributed by atoms with Crippen LogP contribution in [0.25, 0.3) is 11.3 Å². The van der Waals surface area contributed by atoms with E-state index in [1.54, 1.807) is 0 Å². The molecule has 1 N–H and O–H groups in total. The largest absolute Gasteiger partial charge is 0.490 e. The highest BCUT2D eigenvalue weighted by molar-refractivity contribution is 7.14. The third-order valence-electron chi connectivity index (χ3n) is 6.59. The Bertz CT molecular complexity index is 817. The van der Waals surface area contributed by atoms with Crippen LogP contribution in [0.3, 0.4) is 0 Å². The van der Waals surface area contributed by atoms with Crippen LogP contribution >= 0.6 is 11.3 Å². The number of nitrogens with zero attached hydrogens (tertiary/aromatic N) is 2. The van der Waals surface area contributed by atoms with E-state index >= 15 is 0 Å². The summed E-state index contributed by atoms with van der Waals surface area (Å²) in [5.74, 6) is 0.149. The number of ether oxygens (including phenoxy) is 1. The lowest BCUT2D eigenvalue weighted by Crippen LogP contribution is -2.30. The molecular formula is C23H30N2O3S. The number of hydrogen-bond acceptors (Lipinski definition) is 5. The Morgan fingerprint density at radius 1 is 1.21 bits per heavy atom. The van der Waals surface area contributed by atoms with Crippen LogP contribution < -0.4 is 9.64 Å². The van der Waals surface area contributed by atoms with E-state index in [0.717, 1.165) is 22.1 Å². The van der Waals surface area contributed by atoms with Crippen LogP contribution in [-0.4, -0.2) is 35.8 Å². The fraction of sp³-hybridized carbons (Fsp3) is 0.565. The molecule has 0 bridgehead atoms. The Morgan fingerprint density at radius 3 is 2.55 bits per heavy atom. The number of hydrogen-bond donors (Lipinski definition) is 1. The summed E-state index contributed by atoms with van der Waals surface area (Å²) in [5, 5.41) is 11.7. The second kappa shape index (κ2) is 8.74. The lowest BCUT2D eigenvalue weighted by Gasteiger charge is -2.37. The number of benzene rings is 1. The van der Waals surface area contributed by atoms with Crippen LogP contribution in [0.15, 0.2) is 29.6 Å². The van der Waals surface area contributed by atoms with Crippen molar-refractivity contribution in [1.29, 1.82) is 0 Å². The Balaban J connectivity index is 1.32. The van der Waals surface area contributed by atoms with Gasteiger partial charge in [-0.3, -0.25) is 4.79 Å². The molecule has 6 heteroatoms. The zero-order chi connectivity index (χ0) is 20.3. The van der Waals surface area contributed by atoms with Gasteiger partial charge in [-0.1, -0.05) is 12.8 Å². The maximum Gasteiger partial charge on any atom is 0.305 e. The molecule has 5 nitrogen and oxygen atoms in total. The average molecular weight is 415 g/mol. The first-order valence-electron chi connectivity index (χ1n) is 10.7. The second-order valence-corrected chi connectivity index (χ2v) is 9.47. The number of carboxylic acids is 1. The van der Waals surface area contributed by atoms with E-state index in [1.165, 1.54) is 62.7 Å². The third kappa shape index (κ3) is 4.92. The van der Waals surface area contributed by atoms with Gasteiger partial charge in [0.2, 0.25) is 0 Å². The van der Waals surface area contributed by atoms with E-state index < -0.39 is 5.97 Å². The van der Waals surface area contributed by atoms with Crippen LogP contribution in [0.5, 0.6) is 5.75 Å². The number of carbonyl (C=O) groups is 1. The van der Waals surface area contributed by atoms with Crippen molar-refractivity contribution in [3.05, 3.63) is 29.6 Å². The normalized spacial score (nSPS) is 18.8. The standard InChI is InChI=1S/C23H30N2O3S/c1-25(15-10-21(26)27)22-24-20(16-29-22)17-4-6-18(7-5-17)28-19-8-13-23(14-9-19)11-2-3-12-23/h4-7,16,19H,2-3,8-15H2,1H3,(H,26,27). The SMILES string of the molecule is CN(CCC(=O)O)c1nc(-c2ccc(OC3CCC4(CCCC4)CC3)cc2)cs1. The van der Waals surface area contributed by atoms with E-state index in [9.17, 15) is 4.79 Å². The van der Waals surface area contributed by atoms with E-state index in [0.29, 0.717) is 18.1 Å². The van der Waals surface area contributed by atoms with Gasteiger partial charge in [0.1, 0.15) is 5.75 Å². The maximum atomic E-state index is 10.7. The number of anilines is 1. The van der Waals surface area contributed by atoms with Gasteiger partial charge in [-0.15, -0.1) is 11.3 Å². The average Bonchev–Trinajstić information content (AvgIpc) is 3.39. The van der Waals surface area contributed by atoms with Crippen molar-refractivity contribution >= 4 is 22.4 Å². The number of thiazole rings is 1. The summed E-state index contributed by atoms with van der Waals surface area (Å²) < 4.78 is 6.27. The topological polar surface area (TPSA) is 62.7 Å². The Labute approximate surface area is 176 Å². The lowest BCUT2D eigenvalue weighted by atomic mass is 9.72. The molecule has 1 spiro atoms. The predicted molar refractivity (Wildman–Crippen MR) is 117 cm³/mol. The summed E-state index contributed by atoms with van der Waals surface area (Å²) >= 11 is 1.54. The minimum atomic E-state index is -0.791. The lowest BCUT2D eigenvalue weighted by molar-refractivity contribution is -0.136. The minimum absolute atomic E-state index is 0.111. The summed E-state index contributed by atoms with van der Waals surface area (Å²) in [7, 11) is 1.88. The molecule has 0 atom stereocenters. The summed E-state index contributed by atoms with van der Waals surface area (Å²) in [4.78, 5) is 17.3. The van der Waals surface area contributed by atoms with Crippen molar-refractivity contribution in [2.24, 2.45) is 5.41 Å². The highest BCUT2D eigenvalue weighted by Crippen LogP contribution is 2.49. The van der Waals surface area contributed by atoms with Crippen molar-refractivity contribution in [3.63, 3.8) is 0 Å². The van der Waals surface area contributed by atoms with Gasteiger partial charge in [0, 0.05) is 24.5 Å². The van der Waals surface area contributed by atoms with E-state index in [-0.39, 0.29) is 6.42 Å². The van der Waals surface area contributed by atoms with Crippen LogP contribution in [0.1, 0.15) is 57.8 Å². The fourth-order valence-electron chi connectivity index (χ4n) is 4.77. The molecule has 0 saturated heterocycles. The molecule has 1 aromatic heterocycles. The first-order chi connectivity index (χ1) is 14.0. The van der Waals surface area contributed by atoms with Gasteiger partial charge in [-0.2, -0.15) is 0 Å². The maximum absolute atomic E-state index is 10.7. The minimum Gasteiger partial charge on any atom is -0.490 e. The molecule has 2 aliphatic rings. The van der Waals surface area contributed by atoms with Crippen molar-refractivity contribution in [2.75, 3.05) is 18.5 Å². The molecule has 0 radical (unpaired) electrons. The molecule has 1 heterocycles. The highest BCUT2D eigenvalue weighted by Gasteiger charge is 2.38. The van der Waals surface area contributed by atoms with Crippen molar-refractivity contribution < 1.29 is 14.6 Å². The van der Waals surface area contributed by atoms with Gasteiger partial charge in [-0.25, -0.2) is 4.98 Å². The molecule has 0 amide bonds. The van der Waals surface area contributed by atoms with Crippen LogP contribution in [0, 0.1) is 5.41 Å². The van der Waals surface area contributed by atoms with Crippen molar-refractivity contribution in [2.45, 2.75) is 63.9 Å². The Morgan fingerprint density at radius 2 is 1.90 bits per heavy atom. The van der Waals surface area contributed by atoms with Crippen molar-refractivity contribution in [1.82, 2.24) is 4.98 Å². The number of carboxylic acid groups (broad SMARTS) is 1. The first kappa shape index (κ1) is 20.2. The second-order valence-electron chi connectivity index (χ2n) is 8.63. The number of rotatable bonds is 7. The van der Waals surface area contributed by atoms with E-state index in [2.05, 4.69) is 17.1 Å². The summed E-state index contributed by atoms with van der Waals surface area (Å²) in [6.07, 6.45) is 11.2. The fourth-order valence-corrected chi connectivity index (χ4v) is 5.60. The quantitative estimate of drug-likeness (QED) is 0.639. The predicted octanol–water partition coefficient (Wildman–Crippen LogP) is 5.60. The summed E-state index contributed by atoms with van der Waals surface area (Å²) in [5.41, 5.74) is 2.61. The molecule has 2 saturated carbocycles. The third-order valence-corrected chi connectivity index (χ3v) is 7.54. The smallest absolute Gasteiger partial charge is 0.305 e. The Hall–Kier alpha value is -2.08. The van der Waals surface area contributed by atoms with Crippen molar-refractivity contribution in [3.8, 4) is 17.0 Å². The van der Waals surface area contributed by atoms with Crippen LogP contribution in [0.2, 0.25) is 0 Å². The van der Waals surface area contributed by atoms with Gasteiger partial charge < -0.3 is 14.7 Å². The van der Waals surface area contributed by atoms with Crippen LogP contribution in [-0.2, 0) is 4.79 Å². The zero-order valence-electron chi connectivity index (χ0n) is 17.1. The summed E-state index contributed by atoms with van der Waals surface area (Å²) in [6.45, 7) is 0.456. The van der Waals surface area contributed by atoms with Gasteiger partial charge in [0.25, 0.3) is 0 Å². The summed E-state index contributed by atoms with van der Waals surface area (Å²) in [6, 6.07) is 8.21. The number of aliphatic carboxylic acids is 1. The van der Waals surface area contributed by atoms with Gasteiger partial charge in [0.15, 0.2) is 5.13 Å². The molecule has 156 valence electrons. The molecule has 2 fully saturated rings. The van der Waals surface area contributed by atoms with E-state index in [1.807, 2.05) is 29.5 Å². The molecule has 4 rings (SSSR count). The molecule has 0 unspecified atom stereocenters. The molecule has 2 aromatic rings.